The molecular weight excluding hydrogens is 308 g/mol. The van der Waals surface area contributed by atoms with Gasteiger partial charge in [0.1, 0.15) is 5.69 Å². The van der Waals surface area contributed by atoms with Gasteiger partial charge in [-0.25, -0.2) is 9.97 Å². The number of hydrogen-bond donors (Lipinski definition) is 1. The van der Waals surface area contributed by atoms with Gasteiger partial charge in [-0.3, -0.25) is 0 Å². The minimum Gasteiger partial charge on any atom is -0.448 e. The van der Waals surface area contributed by atoms with Crippen LogP contribution in [0.4, 0.5) is 5.95 Å². The van der Waals surface area contributed by atoms with Gasteiger partial charge < -0.3 is 15.1 Å². The third-order valence-corrected chi connectivity index (χ3v) is 3.72. The molecule has 2 N–H and O–H groups in total. The smallest absolute Gasteiger partial charge is 0.225 e. The fraction of sp³-hybridized carbons (Fsp3) is 0.385. The minimum atomic E-state index is 0.306. The van der Waals surface area contributed by atoms with Gasteiger partial charge >= 0.3 is 0 Å². The molecule has 1 saturated heterocycles. The normalized spacial score (nSPS) is 16.8. The van der Waals surface area contributed by atoms with Gasteiger partial charge in [-0.2, -0.15) is 0 Å². The molecule has 2 aromatic rings. The van der Waals surface area contributed by atoms with Crippen LogP contribution in [0, 0.1) is 0 Å². The number of nitrogens with zero attached hydrogens (tertiary/aromatic N) is 3. The maximum atomic E-state index is 5.91. The van der Waals surface area contributed by atoms with Gasteiger partial charge in [0.15, 0.2) is 10.4 Å². The van der Waals surface area contributed by atoms with Gasteiger partial charge in [0.05, 0.1) is 0 Å². The minimum absolute atomic E-state index is 0.306. The molecular formula is C13H15BrN4O. The van der Waals surface area contributed by atoms with E-state index in [1.807, 2.05) is 18.2 Å². The summed E-state index contributed by atoms with van der Waals surface area (Å²) in [5.74, 6) is 1.49. The average Bonchev–Trinajstić information content (AvgIpc) is 2.86. The van der Waals surface area contributed by atoms with Gasteiger partial charge in [-0.15, -0.1) is 0 Å². The van der Waals surface area contributed by atoms with E-state index in [0.29, 0.717) is 10.7 Å². The van der Waals surface area contributed by atoms with Gasteiger partial charge in [0, 0.05) is 25.3 Å². The lowest BCUT2D eigenvalue weighted by Crippen LogP contribution is -2.40. The zero-order chi connectivity index (χ0) is 13.2. The van der Waals surface area contributed by atoms with E-state index in [-0.39, 0.29) is 0 Å². The predicted molar refractivity (Wildman–Crippen MR) is 76.9 cm³/mol. The molecule has 0 unspecified atom stereocenters. The highest BCUT2D eigenvalue weighted by Crippen LogP contribution is 2.25. The van der Waals surface area contributed by atoms with Crippen LogP contribution in [-0.4, -0.2) is 29.1 Å². The fourth-order valence-electron chi connectivity index (χ4n) is 2.19. The summed E-state index contributed by atoms with van der Waals surface area (Å²) >= 11 is 3.30. The number of nitrogens with two attached hydrogens (primary N) is 1. The molecule has 0 atom stereocenters. The largest absolute Gasteiger partial charge is 0.448 e. The van der Waals surface area contributed by atoms with Crippen molar-refractivity contribution in [3.8, 4) is 11.5 Å². The number of halogens is 1. The molecule has 19 heavy (non-hydrogen) atoms. The zero-order valence-electron chi connectivity index (χ0n) is 10.4. The summed E-state index contributed by atoms with van der Waals surface area (Å²) in [4.78, 5) is 11.1. The summed E-state index contributed by atoms with van der Waals surface area (Å²) in [7, 11) is 0. The third-order valence-electron chi connectivity index (χ3n) is 3.29. The van der Waals surface area contributed by atoms with Crippen molar-refractivity contribution in [1.82, 2.24) is 9.97 Å². The maximum Gasteiger partial charge on any atom is 0.225 e. The summed E-state index contributed by atoms with van der Waals surface area (Å²) < 4.78 is 6.22. The van der Waals surface area contributed by atoms with Gasteiger partial charge in [-0.05, 0) is 47.0 Å². The van der Waals surface area contributed by atoms with Crippen LogP contribution >= 0.6 is 15.9 Å². The number of piperidine rings is 1. The molecule has 3 heterocycles. The second-order valence-corrected chi connectivity index (χ2v) is 5.45. The van der Waals surface area contributed by atoms with Crippen molar-refractivity contribution >= 4 is 21.9 Å². The molecule has 1 aliphatic heterocycles. The Morgan fingerprint density at radius 1 is 1.26 bits per heavy atom. The second-order valence-electron chi connectivity index (χ2n) is 4.67. The molecule has 0 amide bonds. The summed E-state index contributed by atoms with van der Waals surface area (Å²) in [6, 6.07) is 5.91. The van der Waals surface area contributed by atoms with Crippen LogP contribution in [-0.2, 0) is 0 Å². The molecule has 6 heteroatoms. The molecule has 0 saturated carbocycles. The Bertz CT molecular complexity index is 563. The van der Waals surface area contributed by atoms with Gasteiger partial charge in [0.25, 0.3) is 0 Å². The SMILES string of the molecule is NC1CCN(c2nccc(-c3ccc(Br)o3)n2)CC1. The van der Waals surface area contributed by atoms with Crippen molar-refractivity contribution in [2.45, 2.75) is 18.9 Å². The lowest BCUT2D eigenvalue weighted by Gasteiger charge is -2.30. The molecule has 0 bridgehead atoms. The maximum absolute atomic E-state index is 5.91. The first-order valence-corrected chi connectivity index (χ1v) is 7.11. The van der Waals surface area contributed by atoms with Crippen LogP contribution in [0.5, 0.6) is 0 Å². The average molecular weight is 323 g/mol. The van der Waals surface area contributed by atoms with E-state index in [9.17, 15) is 0 Å². The van der Waals surface area contributed by atoms with Crippen LogP contribution < -0.4 is 10.6 Å². The highest BCUT2D eigenvalue weighted by molar-refractivity contribution is 9.10. The summed E-state index contributed by atoms with van der Waals surface area (Å²) in [6.45, 7) is 1.82. The molecule has 3 rings (SSSR count). The molecule has 1 aliphatic rings. The van der Waals surface area contributed by atoms with Crippen LogP contribution in [0.2, 0.25) is 0 Å². The van der Waals surface area contributed by atoms with Crippen LogP contribution in [0.3, 0.4) is 0 Å². The van der Waals surface area contributed by atoms with Crippen LogP contribution in [0.25, 0.3) is 11.5 Å². The Morgan fingerprint density at radius 3 is 2.74 bits per heavy atom. The zero-order valence-corrected chi connectivity index (χ0v) is 12.0. The number of aromatic nitrogens is 2. The van der Waals surface area contributed by atoms with E-state index in [2.05, 4.69) is 30.8 Å². The van der Waals surface area contributed by atoms with E-state index < -0.39 is 0 Å². The standard InChI is InChI=1S/C13H15BrN4O/c14-12-2-1-11(19-12)10-3-6-16-13(17-10)18-7-4-9(15)5-8-18/h1-3,6,9H,4-5,7-8,15H2. The topological polar surface area (TPSA) is 68.2 Å². The summed E-state index contributed by atoms with van der Waals surface area (Å²) in [6.07, 6.45) is 3.74. The Labute approximate surface area is 120 Å². The Balaban J connectivity index is 1.84. The molecule has 0 spiro atoms. The van der Waals surface area contributed by atoms with Gasteiger partial charge in [-0.1, -0.05) is 0 Å². The van der Waals surface area contributed by atoms with E-state index in [1.54, 1.807) is 6.20 Å². The molecule has 2 aromatic heterocycles. The number of hydrogen-bond acceptors (Lipinski definition) is 5. The van der Waals surface area contributed by atoms with E-state index in [0.717, 1.165) is 43.3 Å². The molecule has 1 fully saturated rings. The summed E-state index contributed by atoms with van der Waals surface area (Å²) in [5, 5.41) is 0. The van der Waals surface area contributed by atoms with Crippen molar-refractivity contribution in [2.75, 3.05) is 18.0 Å². The van der Waals surface area contributed by atoms with Gasteiger partial charge in [0.2, 0.25) is 5.95 Å². The molecule has 0 aromatic carbocycles. The van der Waals surface area contributed by atoms with Crippen molar-refractivity contribution in [3.05, 3.63) is 29.1 Å². The van der Waals surface area contributed by atoms with E-state index in [4.69, 9.17) is 10.2 Å². The number of rotatable bonds is 2. The van der Waals surface area contributed by atoms with Crippen LogP contribution in [0.15, 0.2) is 33.5 Å². The van der Waals surface area contributed by atoms with Crippen molar-refractivity contribution in [3.63, 3.8) is 0 Å². The molecule has 0 aliphatic carbocycles. The van der Waals surface area contributed by atoms with E-state index >= 15 is 0 Å². The molecule has 5 nitrogen and oxygen atoms in total. The van der Waals surface area contributed by atoms with Crippen molar-refractivity contribution in [1.29, 1.82) is 0 Å². The lowest BCUT2D eigenvalue weighted by atomic mass is 10.1. The second kappa shape index (κ2) is 5.30. The predicted octanol–water partition coefficient (Wildman–Crippen LogP) is 2.43. The first-order chi connectivity index (χ1) is 9.22. The lowest BCUT2D eigenvalue weighted by molar-refractivity contribution is 0.495. The number of furan rings is 1. The quantitative estimate of drug-likeness (QED) is 0.919. The third kappa shape index (κ3) is 2.79. The fourth-order valence-corrected chi connectivity index (χ4v) is 2.50. The highest BCUT2D eigenvalue weighted by atomic mass is 79.9. The molecule has 0 radical (unpaired) electrons. The Hall–Kier alpha value is -1.40. The van der Waals surface area contributed by atoms with Crippen molar-refractivity contribution in [2.24, 2.45) is 5.73 Å². The Kier molecular flexibility index (Phi) is 3.52. The van der Waals surface area contributed by atoms with Crippen molar-refractivity contribution < 1.29 is 4.42 Å². The molecule has 100 valence electrons. The monoisotopic (exact) mass is 322 g/mol. The first kappa shape index (κ1) is 12.6. The summed E-state index contributed by atoms with van der Waals surface area (Å²) in [5.41, 5.74) is 6.71. The number of anilines is 1. The highest BCUT2D eigenvalue weighted by Gasteiger charge is 2.18. The Morgan fingerprint density at radius 2 is 2.05 bits per heavy atom. The first-order valence-electron chi connectivity index (χ1n) is 6.31. The van der Waals surface area contributed by atoms with Crippen LogP contribution in [0.1, 0.15) is 12.8 Å². The van der Waals surface area contributed by atoms with E-state index in [1.165, 1.54) is 0 Å².